The second-order valence-electron chi connectivity index (χ2n) is 5.31. The Morgan fingerprint density at radius 2 is 1.92 bits per heavy atom. The summed E-state index contributed by atoms with van der Waals surface area (Å²) in [7, 11) is 3.71. The van der Waals surface area contributed by atoms with Crippen molar-refractivity contribution in [2.75, 3.05) is 27.2 Å². The molecule has 0 fully saturated rings. The van der Waals surface area contributed by atoms with Gasteiger partial charge >= 0.3 is 0 Å². The van der Waals surface area contributed by atoms with E-state index in [9.17, 15) is 4.79 Å². The first-order valence-corrected chi connectivity index (χ1v) is 8.64. The second kappa shape index (κ2) is 11.0. The summed E-state index contributed by atoms with van der Waals surface area (Å²) in [5.74, 6) is 0.702. The molecular formula is C17H24IN5OS. The molecule has 1 aromatic heterocycles. The summed E-state index contributed by atoms with van der Waals surface area (Å²) in [5, 5.41) is 9.24. The third-order valence-corrected chi connectivity index (χ3v) is 4.19. The Bertz CT molecular complexity index is 689. The molecule has 2 aromatic rings. The van der Waals surface area contributed by atoms with E-state index < -0.39 is 0 Å². The van der Waals surface area contributed by atoms with Gasteiger partial charge in [0.15, 0.2) is 5.96 Å². The van der Waals surface area contributed by atoms with Crippen molar-refractivity contribution in [1.29, 1.82) is 0 Å². The average Bonchev–Trinajstić information content (AvgIpc) is 3.00. The molecule has 6 nitrogen and oxygen atoms in total. The highest BCUT2D eigenvalue weighted by Gasteiger charge is 2.09. The van der Waals surface area contributed by atoms with Crippen LogP contribution < -0.4 is 10.6 Å². The average molecular weight is 473 g/mol. The van der Waals surface area contributed by atoms with E-state index in [2.05, 4.69) is 26.0 Å². The topological polar surface area (TPSA) is 69.6 Å². The molecule has 0 atom stereocenters. The molecule has 1 amide bonds. The molecule has 0 aliphatic rings. The zero-order valence-corrected chi connectivity index (χ0v) is 17.8. The minimum absolute atomic E-state index is 0. The minimum Gasteiger partial charge on any atom is -0.354 e. The SMILES string of the molecule is CN=C(NCCNC(=O)c1ccccc1)N(C)Cc1csc(C)n1.I. The number of guanidine groups is 1. The largest absolute Gasteiger partial charge is 0.354 e. The second-order valence-corrected chi connectivity index (χ2v) is 6.37. The predicted molar refractivity (Wildman–Crippen MR) is 114 cm³/mol. The highest BCUT2D eigenvalue weighted by molar-refractivity contribution is 14.0. The Hall–Kier alpha value is -1.68. The molecule has 136 valence electrons. The maximum absolute atomic E-state index is 11.9. The number of hydrogen-bond acceptors (Lipinski definition) is 4. The molecule has 0 radical (unpaired) electrons. The Morgan fingerprint density at radius 3 is 2.52 bits per heavy atom. The molecule has 8 heteroatoms. The number of rotatable bonds is 6. The predicted octanol–water partition coefficient (Wildman–Crippen LogP) is 2.51. The van der Waals surface area contributed by atoms with Gasteiger partial charge in [-0.15, -0.1) is 35.3 Å². The highest BCUT2D eigenvalue weighted by Crippen LogP contribution is 2.09. The Labute approximate surface area is 169 Å². The van der Waals surface area contributed by atoms with Gasteiger partial charge in [0.1, 0.15) is 0 Å². The molecule has 2 N–H and O–H groups in total. The lowest BCUT2D eigenvalue weighted by Crippen LogP contribution is -2.42. The molecule has 0 unspecified atom stereocenters. The standard InChI is InChI=1S/C17H23N5OS.HI/c1-13-21-15(12-24-13)11-22(3)17(18-2)20-10-9-19-16(23)14-7-5-4-6-8-14;/h4-8,12H,9-11H2,1-3H3,(H,18,20)(H,19,23);1H. The van der Waals surface area contributed by atoms with E-state index in [0.29, 0.717) is 25.2 Å². The van der Waals surface area contributed by atoms with Crippen LogP contribution in [0.15, 0.2) is 40.7 Å². The van der Waals surface area contributed by atoms with Crippen LogP contribution in [0, 0.1) is 6.92 Å². The fraction of sp³-hybridized carbons (Fsp3) is 0.353. The molecule has 1 aromatic carbocycles. The smallest absolute Gasteiger partial charge is 0.251 e. The van der Waals surface area contributed by atoms with Crippen molar-refractivity contribution < 1.29 is 4.79 Å². The van der Waals surface area contributed by atoms with Crippen LogP contribution in [0.4, 0.5) is 0 Å². The van der Waals surface area contributed by atoms with E-state index in [1.54, 1.807) is 30.5 Å². The lowest BCUT2D eigenvalue weighted by Gasteiger charge is -2.21. The van der Waals surface area contributed by atoms with Gasteiger partial charge in [0.2, 0.25) is 0 Å². The minimum atomic E-state index is -0.0707. The molecule has 0 saturated heterocycles. The summed E-state index contributed by atoms with van der Waals surface area (Å²) < 4.78 is 0. The fourth-order valence-electron chi connectivity index (χ4n) is 2.23. The van der Waals surface area contributed by atoms with Gasteiger partial charge in [0.25, 0.3) is 5.91 Å². The van der Waals surface area contributed by atoms with E-state index in [4.69, 9.17) is 0 Å². The number of halogens is 1. The van der Waals surface area contributed by atoms with Gasteiger partial charge < -0.3 is 15.5 Å². The number of thiazole rings is 1. The Morgan fingerprint density at radius 1 is 1.24 bits per heavy atom. The van der Waals surface area contributed by atoms with Gasteiger partial charge in [-0.3, -0.25) is 9.79 Å². The van der Waals surface area contributed by atoms with Gasteiger partial charge in [-0.25, -0.2) is 4.98 Å². The van der Waals surface area contributed by atoms with E-state index in [1.807, 2.05) is 37.1 Å². The van der Waals surface area contributed by atoms with E-state index in [0.717, 1.165) is 16.7 Å². The van der Waals surface area contributed by atoms with E-state index >= 15 is 0 Å². The summed E-state index contributed by atoms with van der Waals surface area (Å²) >= 11 is 1.64. The van der Waals surface area contributed by atoms with E-state index in [-0.39, 0.29) is 29.9 Å². The molecule has 25 heavy (non-hydrogen) atoms. The van der Waals surface area contributed by atoms with Crippen molar-refractivity contribution in [1.82, 2.24) is 20.5 Å². The maximum atomic E-state index is 11.9. The number of nitrogens with zero attached hydrogens (tertiary/aromatic N) is 3. The zero-order chi connectivity index (χ0) is 17.4. The van der Waals surface area contributed by atoms with Crippen LogP contribution in [0.2, 0.25) is 0 Å². The number of hydrogen-bond donors (Lipinski definition) is 2. The summed E-state index contributed by atoms with van der Waals surface area (Å²) in [4.78, 5) is 22.7. The summed E-state index contributed by atoms with van der Waals surface area (Å²) in [5.41, 5.74) is 1.69. The van der Waals surface area contributed by atoms with Crippen LogP contribution in [0.1, 0.15) is 21.1 Å². The molecule has 1 heterocycles. The van der Waals surface area contributed by atoms with Crippen LogP contribution in [0.5, 0.6) is 0 Å². The van der Waals surface area contributed by atoms with Gasteiger partial charge in [-0.05, 0) is 19.1 Å². The quantitative estimate of drug-likeness (QED) is 0.293. The summed E-state index contributed by atoms with van der Waals surface area (Å²) in [6.45, 7) is 3.82. The molecule has 2 rings (SSSR count). The van der Waals surface area contributed by atoms with Crippen molar-refractivity contribution in [3.8, 4) is 0 Å². The third-order valence-electron chi connectivity index (χ3n) is 3.37. The van der Waals surface area contributed by atoms with Gasteiger partial charge in [0.05, 0.1) is 17.2 Å². The van der Waals surface area contributed by atoms with Gasteiger partial charge in [-0.1, -0.05) is 18.2 Å². The third kappa shape index (κ3) is 6.99. The number of carbonyl (C=O) groups excluding carboxylic acids is 1. The molecule has 0 aliphatic heterocycles. The molecule has 0 saturated carbocycles. The Kier molecular flexibility index (Phi) is 9.43. The number of aryl methyl sites for hydroxylation is 1. The van der Waals surface area contributed by atoms with Crippen LogP contribution in [0.3, 0.4) is 0 Å². The van der Waals surface area contributed by atoms with Crippen molar-refractivity contribution >= 4 is 47.2 Å². The van der Waals surface area contributed by atoms with Crippen molar-refractivity contribution in [2.45, 2.75) is 13.5 Å². The van der Waals surface area contributed by atoms with Crippen molar-refractivity contribution in [3.05, 3.63) is 52.0 Å². The number of benzene rings is 1. The Balaban J connectivity index is 0.00000312. The first kappa shape index (κ1) is 21.4. The fourth-order valence-corrected chi connectivity index (χ4v) is 2.83. The van der Waals surface area contributed by atoms with Crippen molar-refractivity contribution in [3.63, 3.8) is 0 Å². The van der Waals surface area contributed by atoms with E-state index in [1.165, 1.54) is 0 Å². The summed E-state index contributed by atoms with van der Waals surface area (Å²) in [6, 6.07) is 9.19. The number of amides is 1. The van der Waals surface area contributed by atoms with Gasteiger partial charge in [-0.2, -0.15) is 0 Å². The highest BCUT2D eigenvalue weighted by atomic mass is 127. The molecular weight excluding hydrogens is 449 g/mol. The van der Waals surface area contributed by atoms with Crippen LogP contribution in [-0.2, 0) is 6.54 Å². The molecule has 0 spiro atoms. The summed E-state index contributed by atoms with van der Waals surface area (Å²) in [6.07, 6.45) is 0. The maximum Gasteiger partial charge on any atom is 0.251 e. The van der Waals surface area contributed by atoms with Crippen LogP contribution in [-0.4, -0.2) is 48.9 Å². The van der Waals surface area contributed by atoms with Crippen LogP contribution in [0.25, 0.3) is 0 Å². The molecule has 0 bridgehead atoms. The van der Waals surface area contributed by atoms with Gasteiger partial charge in [0, 0.05) is 38.1 Å². The first-order valence-electron chi connectivity index (χ1n) is 7.76. The normalized spacial score (nSPS) is 10.8. The number of nitrogens with one attached hydrogen (secondary N) is 2. The number of aliphatic imine (C=N–C) groups is 1. The van der Waals surface area contributed by atoms with Crippen molar-refractivity contribution in [2.24, 2.45) is 4.99 Å². The first-order chi connectivity index (χ1) is 11.6. The monoisotopic (exact) mass is 473 g/mol. The lowest BCUT2D eigenvalue weighted by molar-refractivity contribution is 0.0954. The number of carbonyl (C=O) groups is 1. The van der Waals surface area contributed by atoms with Crippen LogP contribution >= 0.6 is 35.3 Å². The number of aromatic nitrogens is 1. The lowest BCUT2D eigenvalue weighted by atomic mass is 10.2. The molecule has 0 aliphatic carbocycles. The zero-order valence-electron chi connectivity index (χ0n) is 14.7.